The van der Waals surface area contributed by atoms with E-state index in [1.165, 1.54) is 26.1 Å². The zero-order valence-electron chi connectivity index (χ0n) is 16.7. The molecule has 0 radical (unpaired) electrons. The number of halogens is 1. The summed E-state index contributed by atoms with van der Waals surface area (Å²) < 4.78 is 5.31. The maximum atomic E-state index is 12.6. The smallest absolute Gasteiger partial charge is 0.321 e. The largest absolute Gasteiger partial charge is 0.495 e. The predicted molar refractivity (Wildman–Crippen MR) is 111 cm³/mol. The summed E-state index contributed by atoms with van der Waals surface area (Å²) in [6.07, 6.45) is 3.49. The molecule has 0 unspecified atom stereocenters. The van der Waals surface area contributed by atoms with Gasteiger partial charge in [0.25, 0.3) is 0 Å². The van der Waals surface area contributed by atoms with Gasteiger partial charge in [-0.15, -0.1) is 0 Å². The van der Waals surface area contributed by atoms with Gasteiger partial charge in [-0.3, -0.25) is 0 Å². The standard InChI is InChI=1S/C21H32ClN3O2/c1-15-10-16(2)13-24(12-15)14-17-6-8-25(9-7-17)21(26)23-19-11-18(22)4-5-20(19)27-3/h4-5,11,15-17H,6-10,12-14H2,1-3H3,(H,23,26)/t15-,16-/m1/s1. The van der Waals surface area contributed by atoms with Crippen LogP contribution in [-0.2, 0) is 0 Å². The number of carbonyl (C=O) groups excluding carboxylic acids is 1. The molecule has 1 aromatic carbocycles. The Morgan fingerprint density at radius 1 is 1.22 bits per heavy atom. The van der Waals surface area contributed by atoms with Crippen LogP contribution in [0.1, 0.15) is 33.1 Å². The number of ether oxygens (including phenoxy) is 1. The molecule has 1 aromatic rings. The van der Waals surface area contributed by atoms with Crippen molar-refractivity contribution in [2.75, 3.05) is 45.2 Å². The van der Waals surface area contributed by atoms with Gasteiger partial charge in [-0.05, 0) is 55.2 Å². The summed E-state index contributed by atoms with van der Waals surface area (Å²) in [6.45, 7) is 9.95. The quantitative estimate of drug-likeness (QED) is 0.814. The highest BCUT2D eigenvalue weighted by Crippen LogP contribution is 2.29. The van der Waals surface area contributed by atoms with Crippen molar-refractivity contribution in [2.45, 2.75) is 33.1 Å². The molecule has 2 atom stereocenters. The number of methoxy groups -OCH3 is 1. The molecule has 1 N–H and O–H groups in total. The molecule has 0 spiro atoms. The van der Waals surface area contributed by atoms with Gasteiger partial charge in [-0.1, -0.05) is 25.4 Å². The molecule has 27 heavy (non-hydrogen) atoms. The second kappa shape index (κ2) is 9.16. The lowest BCUT2D eigenvalue weighted by atomic mass is 9.89. The minimum Gasteiger partial charge on any atom is -0.495 e. The third kappa shape index (κ3) is 5.52. The zero-order chi connectivity index (χ0) is 19.4. The van der Waals surface area contributed by atoms with Crippen LogP contribution in [-0.4, -0.2) is 55.7 Å². The number of hydrogen-bond acceptors (Lipinski definition) is 3. The number of anilines is 1. The Hall–Kier alpha value is -1.46. The first kappa shape index (κ1) is 20.3. The monoisotopic (exact) mass is 393 g/mol. The van der Waals surface area contributed by atoms with Gasteiger partial charge in [0.05, 0.1) is 12.8 Å². The Balaban J connectivity index is 1.49. The van der Waals surface area contributed by atoms with Crippen LogP contribution in [0.25, 0.3) is 0 Å². The minimum atomic E-state index is -0.0748. The Bertz CT molecular complexity index is 636. The summed E-state index contributed by atoms with van der Waals surface area (Å²) in [5.74, 6) is 2.91. The van der Waals surface area contributed by atoms with Crippen molar-refractivity contribution in [3.05, 3.63) is 23.2 Å². The minimum absolute atomic E-state index is 0.0748. The van der Waals surface area contributed by atoms with E-state index in [0.717, 1.165) is 37.8 Å². The molecule has 0 saturated carbocycles. The second-order valence-electron chi connectivity index (χ2n) is 8.37. The van der Waals surface area contributed by atoms with E-state index in [9.17, 15) is 4.79 Å². The first-order valence-electron chi connectivity index (χ1n) is 10.1. The topological polar surface area (TPSA) is 44.8 Å². The second-order valence-corrected chi connectivity index (χ2v) is 8.81. The lowest BCUT2D eigenvalue weighted by molar-refractivity contribution is 0.101. The maximum Gasteiger partial charge on any atom is 0.321 e. The number of rotatable bonds is 4. The van der Waals surface area contributed by atoms with E-state index in [1.807, 2.05) is 4.90 Å². The van der Waals surface area contributed by atoms with Crippen molar-refractivity contribution < 1.29 is 9.53 Å². The highest BCUT2D eigenvalue weighted by atomic mass is 35.5. The van der Waals surface area contributed by atoms with Gasteiger partial charge in [0.1, 0.15) is 5.75 Å². The molecule has 0 aromatic heterocycles. The van der Waals surface area contributed by atoms with Gasteiger partial charge >= 0.3 is 6.03 Å². The molecule has 5 nitrogen and oxygen atoms in total. The number of nitrogens with one attached hydrogen (secondary N) is 1. The fourth-order valence-corrected chi connectivity index (χ4v) is 4.77. The molecule has 2 aliphatic rings. The first-order chi connectivity index (χ1) is 12.9. The fourth-order valence-electron chi connectivity index (χ4n) is 4.60. The average Bonchev–Trinajstić information content (AvgIpc) is 2.61. The molecule has 2 fully saturated rings. The molecule has 2 aliphatic heterocycles. The highest BCUT2D eigenvalue weighted by molar-refractivity contribution is 6.31. The van der Waals surface area contributed by atoms with E-state index >= 15 is 0 Å². The van der Waals surface area contributed by atoms with E-state index in [4.69, 9.17) is 16.3 Å². The number of benzene rings is 1. The van der Waals surface area contributed by atoms with Crippen LogP contribution in [0.5, 0.6) is 5.75 Å². The molecule has 150 valence electrons. The zero-order valence-corrected chi connectivity index (χ0v) is 17.5. The summed E-state index contributed by atoms with van der Waals surface area (Å²) in [5.41, 5.74) is 0.619. The molecular weight excluding hydrogens is 362 g/mol. The van der Waals surface area contributed by atoms with Gasteiger partial charge in [0.2, 0.25) is 0 Å². The third-order valence-corrected chi connectivity index (χ3v) is 6.00. The number of piperidine rings is 2. The van der Waals surface area contributed by atoms with E-state index < -0.39 is 0 Å². The lowest BCUT2D eigenvalue weighted by Gasteiger charge is -2.39. The molecule has 2 heterocycles. The van der Waals surface area contributed by atoms with Crippen molar-refractivity contribution >= 4 is 23.3 Å². The van der Waals surface area contributed by atoms with Crippen LogP contribution in [0.3, 0.4) is 0 Å². The van der Waals surface area contributed by atoms with Gasteiger partial charge in [0, 0.05) is 37.7 Å². The Morgan fingerprint density at radius 2 is 1.89 bits per heavy atom. The summed E-state index contributed by atoms with van der Waals surface area (Å²) in [7, 11) is 1.59. The molecule has 0 aliphatic carbocycles. The summed E-state index contributed by atoms with van der Waals surface area (Å²) >= 11 is 6.05. The Morgan fingerprint density at radius 3 is 2.52 bits per heavy atom. The van der Waals surface area contributed by atoms with E-state index in [-0.39, 0.29) is 6.03 Å². The molecule has 0 bridgehead atoms. The normalized spacial score (nSPS) is 24.7. The van der Waals surface area contributed by atoms with Crippen molar-refractivity contribution in [3.63, 3.8) is 0 Å². The summed E-state index contributed by atoms with van der Waals surface area (Å²) in [6, 6.07) is 5.17. The lowest BCUT2D eigenvalue weighted by Crippen LogP contribution is -2.46. The SMILES string of the molecule is COc1ccc(Cl)cc1NC(=O)N1CCC(CN2C[C@H](C)C[C@@H](C)C2)CC1. The summed E-state index contributed by atoms with van der Waals surface area (Å²) in [4.78, 5) is 17.2. The number of amides is 2. The Labute approximate surface area is 168 Å². The van der Waals surface area contributed by atoms with Crippen molar-refractivity contribution in [3.8, 4) is 5.75 Å². The molecule has 2 amide bonds. The number of carbonyl (C=O) groups is 1. The van der Waals surface area contributed by atoms with Gasteiger partial charge in [-0.2, -0.15) is 0 Å². The van der Waals surface area contributed by atoms with Crippen LogP contribution in [0.15, 0.2) is 18.2 Å². The van der Waals surface area contributed by atoms with Crippen LogP contribution < -0.4 is 10.1 Å². The van der Waals surface area contributed by atoms with E-state index in [2.05, 4.69) is 24.1 Å². The van der Waals surface area contributed by atoms with Gasteiger partial charge < -0.3 is 19.9 Å². The van der Waals surface area contributed by atoms with Gasteiger partial charge in [-0.25, -0.2) is 4.79 Å². The molecule has 2 saturated heterocycles. The molecule has 6 heteroatoms. The molecule has 3 rings (SSSR count). The molecular formula is C21H32ClN3O2. The predicted octanol–water partition coefficient (Wildman–Crippen LogP) is 4.57. The van der Waals surface area contributed by atoms with Gasteiger partial charge in [0.15, 0.2) is 0 Å². The van der Waals surface area contributed by atoms with Crippen LogP contribution in [0.2, 0.25) is 5.02 Å². The van der Waals surface area contributed by atoms with Crippen LogP contribution >= 0.6 is 11.6 Å². The average molecular weight is 394 g/mol. The van der Waals surface area contributed by atoms with Crippen molar-refractivity contribution in [2.24, 2.45) is 17.8 Å². The Kier molecular flexibility index (Phi) is 6.88. The summed E-state index contributed by atoms with van der Waals surface area (Å²) in [5, 5.41) is 3.53. The number of likely N-dealkylation sites (tertiary alicyclic amines) is 2. The number of hydrogen-bond donors (Lipinski definition) is 1. The number of nitrogens with zero attached hydrogens (tertiary/aromatic N) is 2. The van der Waals surface area contributed by atoms with Crippen LogP contribution in [0, 0.1) is 17.8 Å². The highest BCUT2D eigenvalue weighted by Gasteiger charge is 2.28. The van der Waals surface area contributed by atoms with E-state index in [1.54, 1.807) is 25.3 Å². The third-order valence-electron chi connectivity index (χ3n) is 5.77. The van der Waals surface area contributed by atoms with E-state index in [0.29, 0.717) is 22.4 Å². The fraction of sp³-hybridized carbons (Fsp3) is 0.667. The number of urea groups is 1. The van der Waals surface area contributed by atoms with Crippen molar-refractivity contribution in [1.29, 1.82) is 0 Å². The first-order valence-corrected chi connectivity index (χ1v) is 10.4. The van der Waals surface area contributed by atoms with Crippen LogP contribution in [0.4, 0.5) is 10.5 Å². The maximum absolute atomic E-state index is 12.6. The van der Waals surface area contributed by atoms with Crippen molar-refractivity contribution in [1.82, 2.24) is 9.80 Å².